The van der Waals surface area contributed by atoms with E-state index in [9.17, 15) is 0 Å². The minimum absolute atomic E-state index is 0. The second kappa shape index (κ2) is 7.51. The van der Waals surface area contributed by atoms with Gasteiger partial charge in [0.25, 0.3) is 0 Å². The first kappa shape index (κ1) is 16.5. The van der Waals surface area contributed by atoms with E-state index >= 15 is 0 Å². The van der Waals surface area contributed by atoms with Crippen LogP contribution in [0.4, 0.5) is 0 Å². The molecule has 0 aliphatic rings. The van der Waals surface area contributed by atoms with Gasteiger partial charge in [-0.15, -0.1) is 72.8 Å². The van der Waals surface area contributed by atoms with Crippen LogP contribution < -0.4 is 9.97 Å². The Hall–Kier alpha value is -2.31. The fraction of sp³-hybridized carbons (Fsp3) is 0.0476. The maximum atomic E-state index is 4.68. The molecule has 4 aromatic rings. The molecule has 0 aliphatic carbocycles. The molecule has 24 heavy (non-hydrogen) atoms. The molecule has 0 atom stereocenters. The fourth-order valence-electron chi connectivity index (χ4n) is 2.60. The summed E-state index contributed by atoms with van der Waals surface area (Å²) in [6, 6.07) is 30.4. The van der Waals surface area contributed by atoms with Gasteiger partial charge in [0.05, 0.1) is 0 Å². The standard InChI is InChI=1S/C21H14N2.Pt/c1-3-7-16(8-4-1)20-13-11-18(22-20)15-19-12-14-21(23-19)17-9-5-2-6-10-17;/h1-7,9,11-14H,15H2;/q-4;+4. The van der Waals surface area contributed by atoms with Gasteiger partial charge in [0.2, 0.25) is 0 Å². The van der Waals surface area contributed by atoms with E-state index in [2.05, 4.69) is 34.2 Å². The van der Waals surface area contributed by atoms with Gasteiger partial charge in [-0.1, -0.05) is 12.1 Å². The molecule has 2 heterocycles. The molecule has 0 radical (unpaired) electrons. The third-order valence-corrected chi connectivity index (χ3v) is 3.73. The predicted molar refractivity (Wildman–Crippen MR) is 90.9 cm³/mol. The third-order valence-electron chi connectivity index (χ3n) is 3.73. The van der Waals surface area contributed by atoms with Crippen LogP contribution in [0.25, 0.3) is 22.5 Å². The molecular formula is C21H14N2Pt. The van der Waals surface area contributed by atoms with E-state index in [0.717, 1.165) is 40.3 Å². The molecule has 0 bridgehead atoms. The average Bonchev–Trinajstić information content (AvgIpc) is 3.27. The predicted octanol–water partition coefficient (Wildman–Crippen LogP) is 4.12. The van der Waals surface area contributed by atoms with Crippen molar-refractivity contribution in [2.75, 3.05) is 0 Å². The van der Waals surface area contributed by atoms with Gasteiger partial charge >= 0.3 is 21.1 Å². The van der Waals surface area contributed by atoms with Gasteiger partial charge in [-0.25, -0.2) is 11.4 Å². The van der Waals surface area contributed by atoms with Crippen molar-refractivity contribution >= 4 is 0 Å². The second-order valence-corrected chi connectivity index (χ2v) is 5.37. The van der Waals surface area contributed by atoms with Crippen molar-refractivity contribution in [1.29, 1.82) is 0 Å². The van der Waals surface area contributed by atoms with Crippen molar-refractivity contribution in [3.05, 3.63) is 96.3 Å². The Labute approximate surface area is 156 Å². The topological polar surface area (TPSA) is 28.2 Å². The molecule has 0 unspecified atom stereocenters. The molecule has 2 aromatic carbocycles. The van der Waals surface area contributed by atoms with Crippen molar-refractivity contribution in [3.8, 4) is 22.5 Å². The fourth-order valence-corrected chi connectivity index (χ4v) is 2.60. The molecule has 0 spiro atoms. The molecule has 2 aromatic heterocycles. The minimum Gasteiger partial charge on any atom is -0.705 e. The van der Waals surface area contributed by atoms with Crippen LogP contribution >= 0.6 is 0 Å². The molecule has 0 N–H and O–H groups in total. The zero-order valence-corrected chi connectivity index (χ0v) is 15.1. The quantitative estimate of drug-likeness (QED) is 0.404. The molecule has 4 rings (SSSR count). The van der Waals surface area contributed by atoms with E-state index in [4.69, 9.17) is 0 Å². The van der Waals surface area contributed by atoms with Crippen LogP contribution in [0.3, 0.4) is 0 Å². The van der Waals surface area contributed by atoms with Crippen LogP contribution in [-0.2, 0) is 27.5 Å². The molecule has 118 valence electrons. The zero-order chi connectivity index (χ0) is 15.5. The third kappa shape index (κ3) is 3.60. The normalized spacial score (nSPS) is 10.3. The summed E-state index contributed by atoms with van der Waals surface area (Å²) in [5, 5.41) is 0. The van der Waals surface area contributed by atoms with E-state index in [0.29, 0.717) is 0 Å². The number of hydrogen-bond acceptors (Lipinski definition) is 0. The van der Waals surface area contributed by atoms with Crippen molar-refractivity contribution < 1.29 is 21.1 Å². The van der Waals surface area contributed by atoms with Crippen LogP contribution in [0, 0.1) is 12.1 Å². The van der Waals surface area contributed by atoms with Crippen LogP contribution in [0.1, 0.15) is 11.4 Å². The maximum Gasteiger partial charge on any atom is 4.00 e. The van der Waals surface area contributed by atoms with Gasteiger partial charge in [0.15, 0.2) is 0 Å². The van der Waals surface area contributed by atoms with Crippen molar-refractivity contribution in [2.45, 2.75) is 6.42 Å². The van der Waals surface area contributed by atoms with Crippen molar-refractivity contribution in [2.24, 2.45) is 0 Å². The van der Waals surface area contributed by atoms with Crippen LogP contribution in [0.2, 0.25) is 0 Å². The Morgan fingerprint density at radius 1 is 0.625 bits per heavy atom. The average molecular weight is 489 g/mol. The first-order valence-corrected chi connectivity index (χ1v) is 7.58. The number of nitrogens with zero attached hydrogens (tertiary/aromatic N) is 2. The molecule has 0 saturated carbocycles. The Balaban J connectivity index is 0.00000169. The summed E-state index contributed by atoms with van der Waals surface area (Å²) in [4.78, 5) is 9.36. The Kier molecular flexibility index (Phi) is 5.17. The Bertz CT molecular complexity index is 816. The van der Waals surface area contributed by atoms with Crippen LogP contribution in [0.15, 0.2) is 72.8 Å². The van der Waals surface area contributed by atoms with Gasteiger partial charge in [-0.2, -0.15) is 22.5 Å². The Morgan fingerprint density at radius 2 is 1.12 bits per heavy atom. The number of benzene rings is 2. The van der Waals surface area contributed by atoms with E-state index in [1.807, 2.05) is 60.7 Å². The summed E-state index contributed by atoms with van der Waals surface area (Å²) in [5.74, 6) is 0. The largest absolute Gasteiger partial charge is 4.00 e. The summed E-state index contributed by atoms with van der Waals surface area (Å²) in [6.07, 6.45) is 0.736. The molecular weight excluding hydrogens is 475 g/mol. The minimum atomic E-state index is 0. The summed E-state index contributed by atoms with van der Waals surface area (Å²) < 4.78 is 0. The van der Waals surface area contributed by atoms with Gasteiger partial charge in [-0.05, 0) is 6.42 Å². The first-order valence-electron chi connectivity index (χ1n) is 7.58. The van der Waals surface area contributed by atoms with Crippen LogP contribution in [-0.4, -0.2) is 0 Å². The smallest absolute Gasteiger partial charge is 0.705 e. The molecule has 0 saturated heterocycles. The van der Waals surface area contributed by atoms with Crippen molar-refractivity contribution in [3.63, 3.8) is 0 Å². The van der Waals surface area contributed by atoms with E-state index in [-0.39, 0.29) is 21.1 Å². The molecule has 0 amide bonds. The summed E-state index contributed by atoms with van der Waals surface area (Å²) in [5.41, 5.74) is 6.02. The monoisotopic (exact) mass is 489 g/mol. The summed E-state index contributed by atoms with van der Waals surface area (Å²) in [6.45, 7) is 0. The number of hydrogen-bond donors (Lipinski definition) is 0. The molecule has 0 aliphatic heterocycles. The number of rotatable bonds is 4. The van der Waals surface area contributed by atoms with E-state index in [1.54, 1.807) is 0 Å². The van der Waals surface area contributed by atoms with Gasteiger partial charge in [0, 0.05) is 0 Å². The zero-order valence-electron chi connectivity index (χ0n) is 12.8. The first-order chi connectivity index (χ1) is 11.4. The van der Waals surface area contributed by atoms with Crippen molar-refractivity contribution in [1.82, 2.24) is 9.97 Å². The molecule has 3 heteroatoms. The van der Waals surface area contributed by atoms with Gasteiger partial charge in [0.1, 0.15) is 0 Å². The SMILES string of the molecule is [Pt+4].[c-]1ccccc1-c1ccc(Cc2ccc(-c3[c-]cccc3)[n-]2)[n-]1. The maximum absolute atomic E-state index is 4.68. The number of aromatic nitrogens is 2. The van der Waals surface area contributed by atoms with E-state index < -0.39 is 0 Å². The summed E-state index contributed by atoms with van der Waals surface area (Å²) in [7, 11) is 0. The molecule has 0 fully saturated rings. The van der Waals surface area contributed by atoms with Gasteiger partial charge < -0.3 is 9.97 Å². The van der Waals surface area contributed by atoms with E-state index in [1.165, 1.54) is 0 Å². The van der Waals surface area contributed by atoms with Crippen LogP contribution in [0.5, 0.6) is 0 Å². The molecule has 2 nitrogen and oxygen atoms in total. The second-order valence-electron chi connectivity index (χ2n) is 5.37. The summed E-state index contributed by atoms with van der Waals surface area (Å²) >= 11 is 0. The van der Waals surface area contributed by atoms with Gasteiger partial charge in [-0.3, -0.25) is 0 Å². The Morgan fingerprint density at radius 3 is 1.54 bits per heavy atom.